The molecule has 2 unspecified atom stereocenters. The van der Waals surface area contributed by atoms with Crippen molar-refractivity contribution in [3.8, 4) is 0 Å². The predicted octanol–water partition coefficient (Wildman–Crippen LogP) is 2.06. The van der Waals surface area contributed by atoms with Crippen LogP contribution in [0.1, 0.15) is 37.7 Å². The highest BCUT2D eigenvalue weighted by molar-refractivity contribution is 5.75. The lowest BCUT2D eigenvalue weighted by Gasteiger charge is -2.23. The zero-order valence-electron chi connectivity index (χ0n) is 14.8. The third kappa shape index (κ3) is 5.19. The molecule has 2 atom stereocenters. The Balaban J connectivity index is 1.51. The Bertz CT molecular complexity index is 616. The molecule has 3 N–H and O–H groups in total. The number of urea groups is 1. The van der Waals surface area contributed by atoms with Crippen molar-refractivity contribution < 1.29 is 24.2 Å². The number of carbonyl (C=O) groups excluding carboxylic acids is 1. The fourth-order valence-electron chi connectivity index (χ4n) is 3.69. The number of ether oxygens (including phenoxy) is 2. The van der Waals surface area contributed by atoms with E-state index in [9.17, 15) is 9.59 Å². The van der Waals surface area contributed by atoms with Crippen molar-refractivity contribution in [3.05, 3.63) is 35.9 Å². The third-order valence-electron chi connectivity index (χ3n) is 4.95. The summed E-state index contributed by atoms with van der Waals surface area (Å²) in [6.45, 7) is 1.21. The Hall–Kier alpha value is -2.12. The summed E-state index contributed by atoms with van der Waals surface area (Å²) < 4.78 is 11.4. The van der Waals surface area contributed by atoms with Gasteiger partial charge in [-0.3, -0.25) is 4.79 Å². The number of amides is 2. The number of carboxylic acids is 1. The Kier molecular flexibility index (Phi) is 6.11. The van der Waals surface area contributed by atoms with Gasteiger partial charge in [-0.25, -0.2) is 4.79 Å². The van der Waals surface area contributed by atoms with Crippen LogP contribution in [0.4, 0.5) is 4.79 Å². The second-order valence-corrected chi connectivity index (χ2v) is 6.98. The number of rotatable bonds is 7. The van der Waals surface area contributed by atoms with Crippen molar-refractivity contribution in [2.75, 3.05) is 13.2 Å². The first-order chi connectivity index (χ1) is 12.5. The molecule has 7 heteroatoms. The van der Waals surface area contributed by atoms with Gasteiger partial charge in [-0.2, -0.15) is 0 Å². The minimum atomic E-state index is -0.862. The summed E-state index contributed by atoms with van der Waals surface area (Å²) in [6, 6.07) is 9.25. The Morgan fingerprint density at radius 2 is 1.96 bits per heavy atom. The highest BCUT2D eigenvalue weighted by atomic mass is 16.7. The average molecular weight is 362 g/mol. The van der Waals surface area contributed by atoms with Gasteiger partial charge in [0.1, 0.15) is 0 Å². The summed E-state index contributed by atoms with van der Waals surface area (Å²) in [4.78, 5) is 23.3. The predicted molar refractivity (Wildman–Crippen MR) is 94.7 cm³/mol. The molecule has 1 aliphatic carbocycles. The summed E-state index contributed by atoms with van der Waals surface area (Å²) in [7, 11) is 0. The van der Waals surface area contributed by atoms with Crippen LogP contribution < -0.4 is 10.6 Å². The third-order valence-corrected chi connectivity index (χ3v) is 4.95. The van der Waals surface area contributed by atoms with E-state index in [1.54, 1.807) is 0 Å². The fraction of sp³-hybridized carbons (Fsp3) is 0.579. The van der Waals surface area contributed by atoms with Gasteiger partial charge >= 0.3 is 12.0 Å². The SMILES string of the molecule is O=C(O)CCC(Cc1ccccc1)NC(=O)NC1CCC2(C1)OCCO2. The lowest BCUT2D eigenvalue weighted by atomic mass is 10.0. The monoisotopic (exact) mass is 362 g/mol. The minimum Gasteiger partial charge on any atom is -0.481 e. The van der Waals surface area contributed by atoms with Crippen LogP contribution in [0.3, 0.4) is 0 Å². The lowest BCUT2D eigenvalue weighted by molar-refractivity contribution is -0.151. The molecule has 3 rings (SSSR count). The number of nitrogens with one attached hydrogen (secondary N) is 2. The summed E-state index contributed by atoms with van der Waals surface area (Å²) in [5.74, 6) is -1.39. The van der Waals surface area contributed by atoms with Gasteiger partial charge in [0.2, 0.25) is 0 Å². The first-order valence-electron chi connectivity index (χ1n) is 9.15. The van der Waals surface area contributed by atoms with Crippen LogP contribution in [0.15, 0.2) is 30.3 Å². The van der Waals surface area contributed by atoms with E-state index < -0.39 is 11.8 Å². The molecule has 0 radical (unpaired) electrons. The molecule has 2 amide bonds. The second kappa shape index (κ2) is 8.51. The Morgan fingerprint density at radius 1 is 1.23 bits per heavy atom. The molecule has 1 heterocycles. The van der Waals surface area contributed by atoms with Gasteiger partial charge in [-0.1, -0.05) is 30.3 Å². The summed E-state index contributed by atoms with van der Waals surface area (Å²) >= 11 is 0. The van der Waals surface area contributed by atoms with Crippen molar-refractivity contribution >= 4 is 12.0 Å². The van der Waals surface area contributed by atoms with Crippen molar-refractivity contribution in [3.63, 3.8) is 0 Å². The normalized spacial score (nSPS) is 22.2. The van der Waals surface area contributed by atoms with Gasteiger partial charge in [0, 0.05) is 31.3 Å². The molecule has 1 aliphatic heterocycles. The number of carboxylic acid groups (broad SMARTS) is 1. The van der Waals surface area contributed by atoms with Crippen molar-refractivity contribution in [1.82, 2.24) is 10.6 Å². The van der Waals surface area contributed by atoms with Gasteiger partial charge < -0.3 is 25.2 Å². The van der Waals surface area contributed by atoms with Crippen LogP contribution in [0.25, 0.3) is 0 Å². The summed E-state index contributed by atoms with van der Waals surface area (Å²) in [5.41, 5.74) is 1.07. The van der Waals surface area contributed by atoms with Gasteiger partial charge in [0.05, 0.1) is 13.2 Å². The maximum atomic E-state index is 12.4. The quantitative estimate of drug-likeness (QED) is 0.690. The van der Waals surface area contributed by atoms with E-state index in [-0.39, 0.29) is 24.5 Å². The molecule has 2 aliphatic rings. The highest BCUT2D eigenvalue weighted by Crippen LogP contribution is 2.37. The lowest BCUT2D eigenvalue weighted by Crippen LogP contribution is -2.47. The van der Waals surface area contributed by atoms with Gasteiger partial charge in [-0.15, -0.1) is 0 Å². The molecule has 2 fully saturated rings. The van der Waals surface area contributed by atoms with Crippen LogP contribution in [0.2, 0.25) is 0 Å². The number of hydrogen-bond donors (Lipinski definition) is 3. The number of hydrogen-bond acceptors (Lipinski definition) is 4. The highest BCUT2D eigenvalue weighted by Gasteiger charge is 2.44. The standard InChI is InChI=1S/C19H26N2O5/c22-17(23)7-6-15(12-14-4-2-1-3-5-14)20-18(24)21-16-8-9-19(13-16)25-10-11-26-19/h1-5,15-16H,6-13H2,(H,22,23)(H2,20,21,24). The van der Waals surface area contributed by atoms with Crippen LogP contribution in [0, 0.1) is 0 Å². The molecule has 26 heavy (non-hydrogen) atoms. The molecule has 7 nitrogen and oxygen atoms in total. The largest absolute Gasteiger partial charge is 0.481 e. The van der Waals surface area contributed by atoms with Gasteiger partial charge in [0.25, 0.3) is 0 Å². The van der Waals surface area contributed by atoms with Crippen LogP contribution >= 0.6 is 0 Å². The van der Waals surface area contributed by atoms with Crippen LogP contribution in [-0.2, 0) is 20.7 Å². The number of carbonyl (C=O) groups is 2. The van der Waals surface area contributed by atoms with E-state index in [4.69, 9.17) is 14.6 Å². The molecule has 142 valence electrons. The zero-order chi connectivity index (χ0) is 18.4. The Morgan fingerprint density at radius 3 is 2.65 bits per heavy atom. The number of benzene rings is 1. The number of aliphatic carboxylic acids is 1. The summed E-state index contributed by atoms with van der Waals surface area (Å²) in [6.07, 6.45) is 3.25. The molecular weight excluding hydrogens is 336 g/mol. The van der Waals surface area contributed by atoms with Crippen molar-refractivity contribution in [2.45, 2.75) is 56.4 Å². The van der Waals surface area contributed by atoms with E-state index in [0.717, 1.165) is 18.4 Å². The van der Waals surface area contributed by atoms with Gasteiger partial charge in [-0.05, 0) is 24.8 Å². The minimum absolute atomic E-state index is 0.00458. The van der Waals surface area contributed by atoms with E-state index in [1.165, 1.54) is 0 Å². The molecule has 1 saturated heterocycles. The van der Waals surface area contributed by atoms with Crippen molar-refractivity contribution in [1.29, 1.82) is 0 Å². The maximum absolute atomic E-state index is 12.4. The molecule has 1 spiro atoms. The van der Waals surface area contributed by atoms with Crippen LogP contribution in [-0.4, -0.2) is 48.2 Å². The zero-order valence-corrected chi connectivity index (χ0v) is 14.8. The second-order valence-electron chi connectivity index (χ2n) is 6.98. The molecule has 0 aromatic heterocycles. The molecular formula is C19H26N2O5. The molecule has 1 aromatic carbocycles. The average Bonchev–Trinajstić information content (AvgIpc) is 3.23. The van der Waals surface area contributed by atoms with E-state index in [1.807, 2.05) is 30.3 Å². The van der Waals surface area contributed by atoms with Crippen molar-refractivity contribution in [2.24, 2.45) is 0 Å². The van der Waals surface area contributed by atoms with E-state index in [0.29, 0.717) is 32.5 Å². The Labute approximate surface area is 153 Å². The molecule has 1 saturated carbocycles. The molecule has 1 aromatic rings. The maximum Gasteiger partial charge on any atom is 0.315 e. The van der Waals surface area contributed by atoms with E-state index >= 15 is 0 Å². The van der Waals surface area contributed by atoms with Crippen LogP contribution in [0.5, 0.6) is 0 Å². The molecule has 0 bridgehead atoms. The van der Waals surface area contributed by atoms with E-state index in [2.05, 4.69) is 10.6 Å². The smallest absolute Gasteiger partial charge is 0.315 e. The van der Waals surface area contributed by atoms with Gasteiger partial charge in [0.15, 0.2) is 5.79 Å². The summed E-state index contributed by atoms with van der Waals surface area (Å²) in [5, 5.41) is 14.9. The topological polar surface area (TPSA) is 96.9 Å². The first-order valence-corrected chi connectivity index (χ1v) is 9.15. The first kappa shape index (κ1) is 18.7. The fourth-order valence-corrected chi connectivity index (χ4v) is 3.69.